The minimum absolute atomic E-state index is 0.151. The number of ether oxygens (including phenoxy) is 1. The molecule has 1 N–H and O–H groups in total. The second kappa shape index (κ2) is 7.95. The summed E-state index contributed by atoms with van der Waals surface area (Å²) in [6.07, 6.45) is -1.38. The summed E-state index contributed by atoms with van der Waals surface area (Å²) >= 11 is 0. The second-order valence-electron chi connectivity index (χ2n) is 5.21. The van der Waals surface area contributed by atoms with Crippen LogP contribution in [0, 0.1) is 0 Å². The van der Waals surface area contributed by atoms with Gasteiger partial charge in [-0.3, -0.25) is 4.79 Å². The highest BCUT2D eigenvalue weighted by Crippen LogP contribution is 2.33. The van der Waals surface area contributed by atoms with E-state index >= 15 is 0 Å². The Morgan fingerprint density at radius 3 is 2.60 bits per heavy atom. The number of hydrogen-bond acceptors (Lipinski definition) is 5. The number of nitrogens with one attached hydrogen (secondary N) is 1. The van der Waals surface area contributed by atoms with Gasteiger partial charge in [0.15, 0.2) is 11.5 Å². The standard InChI is InChI=1S/C15H18F3N5O2/c1-3-4-5-8-19-14(24)10-9-20-23(13(10)15(16,17)18)11-6-7-12(25-2)22-21-11/h6-7,9H,3-5,8H2,1-2H3,(H,19,24). The van der Waals surface area contributed by atoms with E-state index in [2.05, 4.69) is 20.6 Å². The molecule has 0 aliphatic carbocycles. The lowest BCUT2D eigenvalue weighted by Gasteiger charge is -2.12. The summed E-state index contributed by atoms with van der Waals surface area (Å²) in [5.74, 6) is -0.840. The Labute approximate surface area is 142 Å². The Kier molecular flexibility index (Phi) is 5.94. The lowest BCUT2D eigenvalue weighted by molar-refractivity contribution is -0.143. The molecule has 0 aliphatic heterocycles. The van der Waals surface area contributed by atoms with E-state index < -0.39 is 23.3 Å². The van der Waals surface area contributed by atoms with E-state index in [0.717, 1.165) is 19.0 Å². The molecule has 0 aliphatic rings. The molecular formula is C15H18F3N5O2. The van der Waals surface area contributed by atoms with Gasteiger partial charge in [0.25, 0.3) is 5.91 Å². The number of methoxy groups -OCH3 is 1. The van der Waals surface area contributed by atoms with E-state index in [9.17, 15) is 18.0 Å². The highest BCUT2D eigenvalue weighted by molar-refractivity contribution is 5.95. The van der Waals surface area contributed by atoms with Gasteiger partial charge in [0.05, 0.1) is 18.9 Å². The van der Waals surface area contributed by atoms with E-state index in [4.69, 9.17) is 4.74 Å². The fourth-order valence-corrected chi connectivity index (χ4v) is 2.17. The van der Waals surface area contributed by atoms with E-state index in [-0.39, 0.29) is 11.7 Å². The molecular weight excluding hydrogens is 339 g/mol. The van der Waals surface area contributed by atoms with Crippen molar-refractivity contribution in [1.82, 2.24) is 25.3 Å². The number of alkyl halides is 3. The SMILES string of the molecule is CCCCCNC(=O)c1cnn(-c2ccc(OC)nn2)c1C(F)(F)F. The summed E-state index contributed by atoms with van der Waals surface area (Å²) in [6, 6.07) is 2.63. The van der Waals surface area contributed by atoms with Crippen LogP contribution in [0.1, 0.15) is 42.2 Å². The first-order valence-electron chi connectivity index (χ1n) is 7.70. The normalized spacial score (nSPS) is 11.4. The predicted molar refractivity (Wildman–Crippen MR) is 82.6 cm³/mol. The van der Waals surface area contributed by atoms with Crippen LogP contribution in [0.15, 0.2) is 18.3 Å². The minimum atomic E-state index is -4.78. The molecule has 0 radical (unpaired) electrons. The summed E-state index contributed by atoms with van der Waals surface area (Å²) in [5, 5.41) is 13.4. The molecule has 0 bridgehead atoms. The van der Waals surface area contributed by atoms with Crippen molar-refractivity contribution in [2.45, 2.75) is 32.4 Å². The maximum Gasteiger partial charge on any atom is 0.434 e. The highest BCUT2D eigenvalue weighted by Gasteiger charge is 2.40. The van der Waals surface area contributed by atoms with Crippen LogP contribution in [0.2, 0.25) is 0 Å². The van der Waals surface area contributed by atoms with Crippen LogP contribution < -0.4 is 10.1 Å². The minimum Gasteiger partial charge on any atom is -0.480 e. The first-order valence-corrected chi connectivity index (χ1v) is 7.70. The molecule has 0 spiro atoms. The molecule has 25 heavy (non-hydrogen) atoms. The van der Waals surface area contributed by atoms with Crippen molar-refractivity contribution in [3.05, 3.63) is 29.6 Å². The molecule has 0 unspecified atom stereocenters. The monoisotopic (exact) mass is 357 g/mol. The number of halogens is 3. The predicted octanol–water partition coefficient (Wildman–Crippen LogP) is 2.61. The van der Waals surface area contributed by atoms with Crippen molar-refractivity contribution in [2.75, 3.05) is 13.7 Å². The zero-order valence-corrected chi connectivity index (χ0v) is 13.8. The number of nitrogens with zero attached hydrogens (tertiary/aromatic N) is 4. The number of unbranched alkanes of at least 4 members (excludes halogenated alkanes) is 2. The van der Waals surface area contributed by atoms with E-state index in [1.165, 1.54) is 19.2 Å². The molecule has 2 aromatic heterocycles. The topological polar surface area (TPSA) is 81.9 Å². The van der Waals surface area contributed by atoms with Gasteiger partial charge in [0, 0.05) is 12.6 Å². The Bertz CT molecular complexity index is 713. The smallest absolute Gasteiger partial charge is 0.434 e. The van der Waals surface area contributed by atoms with Gasteiger partial charge >= 0.3 is 6.18 Å². The molecule has 136 valence electrons. The summed E-state index contributed by atoms with van der Waals surface area (Å²) in [7, 11) is 1.36. The van der Waals surface area contributed by atoms with E-state index in [0.29, 0.717) is 17.6 Å². The van der Waals surface area contributed by atoms with Crippen LogP contribution >= 0.6 is 0 Å². The van der Waals surface area contributed by atoms with Crippen molar-refractivity contribution in [2.24, 2.45) is 0 Å². The molecule has 0 fully saturated rings. The molecule has 2 aromatic rings. The van der Waals surface area contributed by atoms with Crippen molar-refractivity contribution < 1.29 is 22.7 Å². The Balaban J connectivity index is 2.32. The number of carbonyl (C=O) groups is 1. The van der Waals surface area contributed by atoms with Gasteiger partial charge in [-0.1, -0.05) is 19.8 Å². The summed E-state index contributed by atoms with van der Waals surface area (Å²) in [4.78, 5) is 12.1. The third-order valence-electron chi connectivity index (χ3n) is 3.40. The molecule has 0 atom stereocenters. The molecule has 0 saturated heterocycles. The van der Waals surface area contributed by atoms with Gasteiger partial charge < -0.3 is 10.1 Å². The van der Waals surface area contributed by atoms with Gasteiger partial charge in [-0.15, -0.1) is 10.2 Å². The van der Waals surface area contributed by atoms with Crippen molar-refractivity contribution in [3.8, 4) is 11.7 Å². The lowest BCUT2D eigenvalue weighted by atomic mass is 10.2. The van der Waals surface area contributed by atoms with Crippen molar-refractivity contribution in [3.63, 3.8) is 0 Å². The number of amides is 1. The van der Waals surface area contributed by atoms with Crippen LogP contribution in [0.5, 0.6) is 5.88 Å². The maximum absolute atomic E-state index is 13.5. The largest absolute Gasteiger partial charge is 0.480 e. The third kappa shape index (κ3) is 4.46. The quantitative estimate of drug-likeness (QED) is 0.771. The van der Waals surface area contributed by atoms with Gasteiger partial charge in [-0.05, 0) is 12.5 Å². The lowest BCUT2D eigenvalue weighted by Crippen LogP contribution is -2.27. The van der Waals surface area contributed by atoms with E-state index in [1.807, 2.05) is 6.92 Å². The molecule has 7 nitrogen and oxygen atoms in total. The van der Waals surface area contributed by atoms with Crippen LogP contribution in [-0.4, -0.2) is 39.5 Å². The van der Waals surface area contributed by atoms with Crippen molar-refractivity contribution in [1.29, 1.82) is 0 Å². The average Bonchev–Trinajstić information content (AvgIpc) is 3.04. The zero-order valence-electron chi connectivity index (χ0n) is 13.8. The summed E-state index contributed by atoms with van der Waals surface area (Å²) < 4.78 is 45.8. The highest BCUT2D eigenvalue weighted by atomic mass is 19.4. The molecule has 10 heteroatoms. The molecule has 0 aromatic carbocycles. The second-order valence-corrected chi connectivity index (χ2v) is 5.21. The van der Waals surface area contributed by atoms with E-state index in [1.54, 1.807) is 0 Å². The number of hydrogen-bond donors (Lipinski definition) is 1. The number of aromatic nitrogens is 4. The Morgan fingerprint density at radius 2 is 2.04 bits per heavy atom. The van der Waals surface area contributed by atoms with Crippen LogP contribution in [0.4, 0.5) is 13.2 Å². The maximum atomic E-state index is 13.5. The zero-order chi connectivity index (χ0) is 18.4. The van der Waals surface area contributed by atoms with Gasteiger partial charge in [0.1, 0.15) is 0 Å². The molecule has 2 rings (SSSR count). The number of carbonyl (C=O) groups excluding carboxylic acids is 1. The Hall–Kier alpha value is -2.65. The fourth-order valence-electron chi connectivity index (χ4n) is 2.17. The summed E-state index contributed by atoms with van der Waals surface area (Å²) in [5.41, 5.74) is -1.75. The third-order valence-corrected chi connectivity index (χ3v) is 3.40. The van der Waals surface area contributed by atoms with Crippen LogP contribution in [0.25, 0.3) is 5.82 Å². The van der Waals surface area contributed by atoms with Crippen LogP contribution in [-0.2, 0) is 6.18 Å². The fraction of sp³-hybridized carbons (Fsp3) is 0.467. The average molecular weight is 357 g/mol. The first kappa shape index (κ1) is 18.7. The van der Waals surface area contributed by atoms with Crippen LogP contribution in [0.3, 0.4) is 0 Å². The number of rotatable bonds is 7. The van der Waals surface area contributed by atoms with Gasteiger partial charge in [0.2, 0.25) is 5.88 Å². The molecule has 1 amide bonds. The molecule has 0 saturated carbocycles. The van der Waals surface area contributed by atoms with Gasteiger partial charge in [-0.25, -0.2) is 4.68 Å². The van der Waals surface area contributed by atoms with Crippen molar-refractivity contribution >= 4 is 5.91 Å². The summed E-state index contributed by atoms with van der Waals surface area (Å²) in [6.45, 7) is 2.29. The molecule has 2 heterocycles. The first-order chi connectivity index (χ1) is 11.9. The Morgan fingerprint density at radius 1 is 1.28 bits per heavy atom. The van der Waals surface area contributed by atoms with Gasteiger partial charge in [-0.2, -0.15) is 18.3 Å².